The van der Waals surface area contributed by atoms with E-state index in [4.69, 9.17) is 10.5 Å². The average molecular weight is 205 g/mol. The maximum atomic E-state index is 5.82. The Balaban J connectivity index is 2.11. The molecule has 1 aromatic rings. The maximum Gasteiger partial charge on any atom is 0.215 e. The van der Waals surface area contributed by atoms with Crippen molar-refractivity contribution in [3.63, 3.8) is 0 Å². The first-order chi connectivity index (χ1) is 7.29. The molecule has 1 aromatic heterocycles. The van der Waals surface area contributed by atoms with Gasteiger partial charge in [-0.2, -0.15) is 4.98 Å². The molecule has 0 aliphatic heterocycles. The van der Waals surface area contributed by atoms with E-state index in [2.05, 4.69) is 22.5 Å². The van der Waals surface area contributed by atoms with Gasteiger partial charge in [-0.05, 0) is 18.9 Å². The predicted octanol–water partition coefficient (Wildman–Crippen LogP) is 1.80. The largest absolute Gasteiger partial charge is 0.481 e. The third kappa shape index (κ3) is 2.21. The highest BCUT2D eigenvalue weighted by atomic mass is 16.5. The second kappa shape index (κ2) is 4.21. The Morgan fingerprint density at radius 3 is 2.80 bits per heavy atom. The van der Waals surface area contributed by atoms with Gasteiger partial charge in [0.1, 0.15) is 0 Å². The zero-order chi connectivity index (χ0) is 10.7. The molecule has 80 valence electrons. The van der Waals surface area contributed by atoms with Gasteiger partial charge in [0.25, 0.3) is 0 Å². The summed E-state index contributed by atoms with van der Waals surface area (Å²) in [4.78, 5) is 4.27. The van der Waals surface area contributed by atoms with Crippen LogP contribution in [0.2, 0.25) is 0 Å². The number of pyridine rings is 1. The minimum absolute atomic E-state index is 0.409. The van der Waals surface area contributed by atoms with Crippen molar-refractivity contribution in [1.82, 2.24) is 4.98 Å². The van der Waals surface area contributed by atoms with E-state index in [1.54, 1.807) is 19.2 Å². The van der Waals surface area contributed by atoms with Crippen LogP contribution in [0, 0.1) is 0 Å². The van der Waals surface area contributed by atoms with E-state index < -0.39 is 0 Å². The summed E-state index contributed by atoms with van der Waals surface area (Å²) < 4.78 is 5.05. The summed E-state index contributed by atoms with van der Waals surface area (Å²) in [5.41, 5.74) is 6.48. The summed E-state index contributed by atoms with van der Waals surface area (Å²) in [5.74, 6) is 1.29. The third-order valence-corrected chi connectivity index (χ3v) is 2.46. The van der Waals surface area contributed by atoms with Gasteiger partial charge in [-0.15, -0.1) is 0 Å². The number of nitrogens with one attached hydrogen (secondary N) is 1. The minimum atomic E-state index is 0.409. The Bertz CT molecular complexity index is 368. The summed E-state index contributed by atoms with van der Waals surface area (Å²) in [6, 6.07) is 3.97. The highest BCUT2D eigenvalue weighted by Crippen LogP contribution is 2.23. The molecule has 0 fully saturated rings. The van der Waals surface area contributed by atoms with Crippen molar-refractivity contribution in [1.29, 1.82) is 0 Å². The molecule has 0 bridgehead atoms. The molecule has 0 saturated heterocycles. The molecule has 3 N–H and O–H groups in total. The number of ether oxygens (including phenoxy) is 1. The van der Waals surface area contributed by atoms with Crippen molar-refractivity contribution in [2.24, 2.45) is 0 Å². The standard InChI is InChI=1S/C11H15N3O/c1-15-10-7-6-9(12)11(14-10)13-8-4-2-3-5-8/h2-3,6-8H,4-5,12H2,1H3,(H,13,14). The lowest BCUT2D eigenvalue weighted by Gasteiger charge is -2.14. The molecule has 0 radical (unpaired) electrons. The Hall–Kier alpha value is -1.71. The van der Waals surface area contributed by atoms with Gasteiger partial charge < -0.3 is 15.8 Å². The van der Waals surface area contributed by atoms with Crippen LogP contribution in [0.1, 0.15) is 12.8 Å². The molecular weight excluding hydrogens is 190 g/mol. The summed E-state index contributed by atoms with van der Waals surface area (Å²) in [6.07, 6.45) is 6.37. The van der Waals surface area contributed by atoms with Crippen LogP contribution in [-0.2, 0) is 0 Å². The first-order valence-electron chi connectivity index (χ1n) is 5.01. The number of aromatic nitrogens is 1. The van der Waals surface area contributed by atoms with Crippen LogP contribution in [0.3, 0.4) is 0 Å². The lowest BCUT2D eigenvalue weighted by Crippen LogP contribution is -2.17. The maximum absolute atomic E-state index is 5.82. The number of rotatable bonds is 3. The predicted molar refractivity (Wildman–Crippen MR) is 61.0 cm³/mol. The smallest absolute Gasteiger partial charge is 0.215 e. The molecule has 0 atom stereocenters. The van der Waals surface area contributed by atoms with E-state index >= 15 is 0 Å². The molecule has 1 heterocycles. The highest BCUT2D eigenvalue weighted by Gasteiger charge is 2.12. The minimum Gasteiger partial charge on any atom is -0.481 e. The second-order valence-electron chi connectivity index (χ2n) is 3.58. The van der Waals surface area contributed by atoms with Crippen molar-refractivity contribution < 1.29 is 4.74 Å². The summed E-state index contributed by atoms with van der Waals surface area (Å²) in [5, 5.41) is 3.31. The van der Waals surface area contributed by atoms with Crippen LogP contribution in [-0.4, -0.2) is 18.1 Å². The molecule has 4 nitrogen and oxygen atoms in total. The number of nitrogens with zero attached hydrogens (tertiary/aromatic N) is 1. The van der Waals surface area contributed by atoms with Crippen LogP contribution in [0.25, 0.3) is 0 Å². The quantitative estimate of drug-likeness (QED) is 0.739. The summed E-state index contributed by atoms with van der Waals surface area (Å²) in [7, 11) is 1.60. The molecule has 0 unspecified atom stereocenters. The fourth-order valence-corrected chi connectivity index (χ4v) is 1.61. The zero-order valence-corrected chi connectivity index (χ0v) is 8.73. The molecule has 1 aliphatic carbocycles. The Labute approximate surface area is 89.1 Å². The summed E-state index contributed by atoms with van der Waals surface area (Å²) in [6.45, 7) is 0. The van der Waals surface area contributed by atoms with Crippen molar-refractivity contribution in [3.8, 4) is 5.88 Å². The normalized spacial score (nSPS) is 15.5. The van der Waals surface area contributed by atoms with Crippen molar-refractivity contribution >= 4 is 11.5 Å². The molecule has 0 amide bonds. The lowest BCUT2D eigenvalue weighted by atomic mass is 10.2. The van der Waals surface area contributed by atoms with E-state index in [1.165, 1.54) is 0 Å². The van der Waals surface area contributed by atoms with Gasteiger partial charge in [-0.25, -0.2) is 0 Å². The Kier molecular flexibility index (Phi) is 2.76. The van der Waals surface area contributed by atoms with E-state index in [9.17, 15) is 0 Å². The first kappa shape index (κ1) is 9.83. The first-order valence-corrected chi connectivity index (χ1v) is 5.01. The number of anilines is 2. The van der Waals surface area contributed by atoms with Crippen LogP contribution < -0.4 is 15.8 Å². The van der Waals surface area contributed by atoms with Crippen LogP contribution in [0.15, 0.2) is 24.3 Å². The molecule has 15 heavy (non-hydrogen) atoms. The van der Waals surface area contributed by atoms with Crippen LogP contribution >= 0.6 is 0 Å². The Morgan fingerprint density at radius 2 is 2.13 bits per heavy atom. The highest BCUT2D eigenvalue weighted by molar-refractivity contribution is 5.62. The van der Waals surface area contributed by atoms with Crippen LogP contribution in [0.4, 0.5) is 11.5 Å². The second-order valence-corrected chi connectivity index (χ2v) is 3.58. The number of methoxy groups -OCH3 is 1. The van der Waals surface area contributed by atoms with Gasteiger partial charge in [0, 0.05) is 12.1 Å². The van der Waals surface area contributed by atoms with Crippen LogP contribution in [0.5, 0.6) is 5.88 Å². The molecule has 0 aromatic carbocycles. The lowest BCUT2D eigenvalue weighted by molar-refractivity contribution is 0.398. The van der Waals surface area contributed by atoms with Gasteiger partial charge in [-0.3, -0.25) is 0 Å². The van der Waals surface area contributed by atoms with Gasteiger partial charge in [0.15, 0.2) is 5.82 Å². The number of nitrogen functional groups attached to an aromatic ring is 1. The molecule has 1 aliphatic rings. The van der Waals surface area contributed by atoms with Crippen molar-refractivity contribution in [2.45, 2.75) is 18.9 Å². The molecule has 2 rings (SSSR count). The van der Waals surface area contributed by atoms with E-state index in [1.807, 2.05) is 0 Å². The van der Waals surface area contributed by atoms with Crippen molar-refractivity contribution in [2.75, 3.05) is 18.2 Å². The third-order valence-electron chi connectivity index (χ3n) is 2.46. The number of hydrogen-bond acceptors (Lipinski definition) is 4. The Morgan fingerprint density at radius 1 is 1.40 bits per heavy atom. The van der Waals surface area contributed by atoms with Gasteiger partial charge in [0.05, 0.1) is 12.8 Å². The molecular formula is C11H15N3O. The summed E-state index contributed by atoms with van der Waals surface area (Å²) >= 11 is 0. The monoisotopic (exact) mass is 205 g/mol. The average Bonchev–Trinajstić information content (AvgIpc) is 2.74. The number of nitrogens with two attached hydrogens (primary N) is 1. The van der Waals surface area contributed by atoms with E-state index in [0.717, 1.165) is 12.8 Å². The van der Waals surface area contributed by atoms with Gasteiger partial charge in [-0.1, -0.05) is 12.2 Å². The van der Waals surface area contributed by atoms with E-state index in [-0.39, 0.29) is 0 Å². The molecule has 0 saturated carbocycles. The van der Waals surface area contributed by atoms with Gasteiger partial charge >= 0.3 is 0 Å². The zero-order valence-electron chi connectivity index (χ0n) is 8.73. The van der Waals surface area contributed by atoms with Gasteiger partial charge in [0.2, 0.25) is 5.88 Å². The van der Waals surface area contributed by atoms with Crippen molar-refractivity contribution in [3.05, 3.63) is 24.3 Å². The SMILES string of the molecule is COc1ccc(N)c(NC2CC=CC2)n1. The topological polar surface area (TPSA) is 60.2 Å². The fraction of sp³-hybridized carbons (Fsp3) is 0.364. The fourth-order valence-electron chi connectivity index (χ4n) is 1.61. The molecule has 4 heteroatoms. The molecule has 0 spiro atoms. The number of hydrogen-bond donors (Lipinski definition) is 2. The van der Waals surface area contributed by atoms with E-state index in [0.29, 0.717) is 23.4 Å².